The average Bonchev–Trinajstić information content (AvgIpc) is 3.02. The van der Waals surface area contributed by atoms with Crippen LogP contribution >= 0.6 is 0 Å². The monoisotopic (exact) mass is 434 g/mol. The minimum atomic E-state index is -4.05. The number of carbonyl (C=O) groups excluding carboxylic acids is 1. The van der Waals surface area contributed by atoms with E-state index in [0.717, 1.165) is 28.3 Å². The molecular weight excluding hydrogens is 408 g/mol. The number of nitrogens with one attached hydrogen (secondary N) is 1. The summed E-state index contributed by atoms with van der Waals surface area (Å²) in [5, 5.41) is 6.11. The zero-order chi connectivity index (χ0) is 21.7. The number of benzene rings is 2. The number of hydrazine groups is 1. The van der Waals surface area contributed by atoms with Crippen molar-refractivity contribution in [1.82, 2.24) is 14.7 Å². The highest BCUT2D eigenvalue weighted by molar-refractivity contribution is 7.87. The highest BCUT2D eigenvalue weighted by Crippen LogP contribution is 2.30. The van der Waals surface area contributed by atoms with Crippen LogP contribution in [0.3, 0.4) is 0 Å². The molecule has 0 aromatic heterocycles. The Morgan fingerprint density at radius 2 is 1.60 bits per heavy atom. The van der Waals surface area contributed by atoms with E-state index in [9.17, 15) is 13.2 Å². The van der Waals surface area contributed by atoms with E-state index in [1.807, 2.05) is 48.5 Å². The highest BCUT2D eigenvalue weighted by atomic mass is 32.2. The Bertz CT molecular complexity index is 964. The Hall–Kier alpha value is -2.82. The first-order valence-electron chi connectivity index (χ1n) is 9.46. The fraction of sp³-hybridized carbons (Fsp3) is 0.350. The quantitative estimate of drug-likeness (QED) is 0.625. The fourth-order valence-electron chi connectivity index (χ4n) is 3.48. The Balaban J connectivity index is 1.73. The molecule has 2 amide bonds. The van der Waals surface area contributed by atoms with E-state index in [0.29, 0.717) is 18.7 Å². The molecule has 9 nitrogen and oxygen atoms in total. The van der Waals surface area contributed by atoms with Gasteiger partial charge in [0.05, 0.1) is 26.8 Å². The topological polar surface area (TPSA) is 114 Å². The van der Waals surface area contributed by atoms with Crippen LogP contribution in [0.15, 0.2) is 48.5 Å². The number of ether oxygens (including phenoxy) is 2. The normalized spacial score (nSPS) is 16.8. The van der Waals surface area contributed by atoms with Crippen molar-refractivity contribution < 1.29 is 22.7 Å². The number of hydrogen-bond acceptors (Lipinski definition) is 5. The summed E-state index contributed by atoms with van der Waals surface area (Å²) in [7, 11) is -0.853. The van der Waals surface area contributed by atoms with Crippen molar-refractivity contribution in [2.45, 2.75) is 18.9 Å². The Labute approximate surface area is 176 Å². The van der Waals surface area contributed by atoms with Crippen molar-refractivity contribution in [1.29, 1.82) is 0 Å². The van der Waals surface area contributed by atoms with Gasteiger partial charge < -0.3 is 14.4 Å². The van der Waals surface area contributed by atoms with Crippen LogP contribution in [0.2, 0.25) is 0 Å². The Kier molecular flexibility index (Phi) is 6.80. The van der Waals surface area contributed by atoms with Crippen LogP contribution in [0.5, 0.6) is 11.5 Å². The van der Waals surface area contributed by atoms with Crippen molar-refractivity contribution in [3.63, 3.8) is 0 Å². The second-order valence-electron chi connectivity index (χ2n) is 6.96. The number of aryl methyl sites for hydroxylation is 1. The van der Waals surface area contributed by atoms with Crippen molar-refractivity contribution >= 4 is 16.2 Å². The third-order valence-corrected chi connectivity index (χ3v) is 5.44. The fourth-order valence-corrected chi connectivity index (χ4v) is 3.94. The molecule has 1 saturated heterocycles. The maximum absolute atomic E-state index is 12.8. The summed E-state index contributed by atoms with van der Waals surface area (Å²) >= 11 is 0. The smallest absolute Gasteiger partial charge is 0.335 e. The molecule has 0 spiro atoms. The summed E-state index contributed by atoms with van der Waals surface area (Å²) in [6, 6.07) is 14.4. The molecule has 0 bridgehead atoms. The van der Waals surface area contributed by atoms with Crippen LogP contribution in [0, 0.1) is 0 Å². The standard InChI is InChI=1S/C20H26N4O5S/c1-28-17-9-5-15(6-10-17)4-3-13-23-19(16-7-11-18(29-2)12-8-16)14-24(20(23)25)22-30(21,26)27/h5-12,19,22H,3-4,13-14H2,1-2H3,(H2,21,26,27). The summed E-state index contributed by atoms with van der Waals surface area (Å²) in [6.45, 7) is 0.620. The number of hydrogen-bond donors (Lipinski definition) is 2. The number of nitrogens with zero attached hydrogens (tertiary/aromatic N) is 2. The van der Waals surface area contributed by atoms with Crippen molar-refractivity contribution in [2.24, 2.45) is 5.14 Å². The van der Waals surface area contributed by atoms with Gasteiger partial charge in [0.25, 0.3) is 10.2 Å². The zero-order valence-corrected chi connectivity index (χ0v) is 17.8. The van der Waals surface area contributed by atoms with Gasteiger partial charge in [-0.05, 0) is 48.2 Å². The number of carbonyl (C=O) groups is 1. The van der Waals surface area contributed by atoms with Crippen LogP contribution in [0.25, 0.3) is 0 Å². The number of amides is 2. The zero-order valence-electron chi connectivity index (χ0n) is 16.9. The first kappa shape index (κ1) is 21.9. The van der Waals surface area contributed by atoms with E-state index in [-0.39, 0.29) is 12.6 Å². The summed E-state index contributed by atoms with van der Waals surface area (Å²) in [6.07, 6.45) is 1.49. The minimum absolute atomic E-state index is 0.157. The molecule has 3 N–H and O–H groups in total. The van der Waals surface area contributed by atoms with E-state index >= 15 is 0 Å². The third-order valence-electron chi connectivity index (χ3n) is 4.97. The van der Waals surface area contributed by atoms with Crippen LogP contribution in [0.4, 0.5) is 4.79 Å². The molecule has 1 aliphatic heterocycles. The molecule has 30 heavy (non-hydrogen) atoms. The van der Waals surface area contributed by atoms with Gasteiger partial charge in [-0.3, -0.25) is 0 Å². The lowest BCUT2D eigenvalue weighted by molar-refractivity contribution is 0.181. The molecule has 1 unspecified atom stereocenters. The van der Waals surface area contributed by atoms with E-state index in [2.05, 4.69) is 4.83 Å². The number of nitrogens with two attached hydrogens (primary N) is 1. The molecule has 0 saturated carbocycles. The van der Waals surface area contributed by atoms with Crippen molar-refractivity contribution in [2.75, 3.05) is 27.3 Å². The Morgan fingerprint density at radius 3 is 2.13 bits per heavy atom. The van der Waals surface area contributed by atoms with Crippen LogP contribution in [-0.2, 0) is 16.6 Å². The number of methoxy groups -OCH3 is 2. The van der Waals surface area contributed by atoms with Gasteiger partial charge in [0.2, 0.25) is 0 Å². The molecule has 0 aliphatic carbocycles. The molecule has 1 fully saturated rings. The Morgan fingerprint density at radius 1 is 1.03 bits per heavy atom. The predicted octanol–water partition coefficient (Wildman–Crippen LogP) is 1.82. The largest absolute Gasteiger partial charge is 0.497 e. The maximum Gasteiger partial charge on any atom is 0.335 e. The predicted molar refractivity (Wildman–Crippen MR) is 112 cm³/mol. The van der Waals surface area contributed by atoms with Crippen LogP contribution in [0.1, 0.15) is 23.6 Å². The van der Waals surface area contributed by atoms with Gasteiger partial charge in [-0.2, -0.15) is 8.42 Å². The molecule has 1 heterocycles. The lowest BCUT2D eigenvalue weighted by Gasteiger charge is -2.23. The molecule has 2 aromatic carbocycles. The van der Waals surface area contributed by atoms with Crippen molar-refractivity contribution in [3.8, 4) is 11.5 Å². The van der Waals surface area contributed by atoms with Gasteiger partial charge in [-0.25, -0.2) is 14.9 Å². The van der Waals surface area contributed by atoms with Crippen molar-refractivity contribution in [3.05, 3.63) is 59.7 Å². The highest BCUT2D eigenvalue weighted by Gasteiger charge is 2.39. The van der Waals surface area contributed by atoms with Gasteiger partial charge in [-0.15, -0.1) is 4.83 Å². The van der Waals surface area contributed by atoms with Gasteiger partial charge in [0.15, 0.2) is 0 Å². The van der Waals surface area contributed by atoms with E-state index < -0.39 is 16.2 Å². The number of rotatable bonds is 9. The molecule has 10 heteroatoms. The summed E-state index contributed by atoms with van der Waals surface area (Å²) < 4.78 is 33.2. The summed E-state index contributed by atoms with van der Waals surface area (Å²) in [4.78, 5) is 16.6. The molecule has 162 valence electrons. The maximum atomic E-state index is 12.8. The van der Waals surface area contributed by atoms with E-state index in [1.54, 1.807) is 19.1 Å². The third kappa shape index (κ3) is 5.41. The average molecular weight is 435 g/mol. The minimum Gasteiger partial charge on any atom is -0.497 e. The second kappa shape index (κ2) is 9.33. The molecule has 2 aromatic rings. The lowest BCUT2D eigenvalue weighted by Crippen LogP contribution is -2.47. The second-order valence-corrected chi connectivity index (χ2v) is 8.24. The molecule has 1 atom stereocenters. The van der Waals surface area contributed by atoms with Crippen LogP contribution in [-0.4, -0.2) is 51.7 Å². The lowest BCUT2D eigenvalue weighted by atomic mass is 10.1. The molecular formula is C20H26N4O5S. The number of urea groups is 1. The van der Waals surface area contributed by atoms with E-state index in [1.165, 1.54) is 0 Å². The van der Waals surface area contributed by atoms with Crippen LogP contribution < -0.4 is 19.4 Å². The van der Waals surface area contributed by atoms with E-state index in [4.69, 9.17) is 14.6 Å². The molecule has 0 radical (unpaired) electrons. The van der Waals surface area contributed by atoms with Gasteiger partial charge in [0, 0.05) is 6.54 Å². The molecule has 3 rings (SSSR count). The van der Waals surface area contributed by atoms with Gasteiger partial charge in [-0.1, -0.05) is 24.3 Å². The van der Waals surface area contributed by atoms with Gasteiger partial charge >= 0.3 is 6.03 Å². The SMILES string of the molecule is COc1ccc(CCCN2C(=O)N(NS(N)(=O)=O)CC2c2ccc(OC)cc2)cc1. The first-order valence-corrected chi connectivity index (χ1v) is 11.0. The summed E-state index contributed by atoms with van der Waals surface area (Å²) in [5.74, 6) is 1.49. The van der Waals surface area contributed by atoms with Gasteiger partial charge in [0.1, 0.15) is 11.5 Å². The first-order chi connectivity index (χ1) is 14.3. The molecule has 1 aliphatic rings. The summed E-state index contributed by atoms with van der Waals surface area (Å²) in [5.41, 5.74) is 2.01.